The molecule has 0 bridgehead atoms. The van der Waals surface area contributed by atoms with Crippen molar-refractivity contribution in [3.8, 4) is 0 Å². The number of hydroxylamine groups is 2. The Morgan fingerprint density at radius 2 is 2.15 bits per heavy atom. The number of amides is 2. The predicted octanol–water partition coefficient (Wildman–Crippen LogP) is 2.61. The van der Waals surface area contributed by atoms with Crippen molar-refractivity contribution in [2.24, 2.45) is 0 Å². The van der Waals surface area contributed by atoms with Gasteiger partial charge in [-0.05, 0) is 24.7 Å². The molecule has 1 rings (SSSR count). The minimum Gasteiger partial charge on any atom is -0.370 e. The van der Waals surface area contributed by atoms with Crippen LogP contribution >= 0.6 is 11.8 Å². The Balaban J connectivity index is 2.49. The molecule has 0 aliphatic carbocycles. The van der Waals surface area contributed by atoms with Crippen molar-refractivity contribution in [1.29, 1.82) is 0 Å². The minimum absolute atomic E-state index is 0.172. The molecule has 1 N–H and O–H groups in total. The maximum atomic E-state index is 12.1. The third-order valence-electron chi connectivity index (χ3n) is 4.16. The van der Waals surface area contributed by atoms with E-state index in [1.807, 2.05) is 23.9 Å². The summed E-state index contributed by atoms with van der Waals surface area (Å²) < 4.78 is 0. The average molecular weight is 398 g/mol. The lowest BCUT2D eigenvalue weighted by Crippen LogP contribution is -2.38. The summed E-state index contributed by atoms with van der Waals surface area (Å²) in [6, 6.07) is 0. The van der Waals surface area contributed by atoms with Crippen LogP contribution < -0.4 is 0 Å². The van der Waals surface area contributed by atoms with E-state index in [4.69, 9.17) is 4.84 Å². The van der Waals surface area contributed by atoms with Crippen molar-refractivity contribution in [3.05, 3.63) is 36.6 Å². The van der Waals surface area contributed by atoms with Gasteiger partial charge >= 0.3 is 6.09 Å². The molecule has 1 fully saturated rings. The first-order valence-electron chi connectivity index (χ1n) is 9.17. The number of aliphatic hydroxyl groups is 1. The molecule has 0 aromatic carbocycles. The molecule has 8 heteroatoms. The molecule has 1 atom stereocenters. The molecule has 1 aliphatic heterocycles. The number of hydrogen-bond donors (Lipinski definition) is 1. The Morgan fingerprint density at radius 1 is 1.44 bits per heavy atom. The monoisotopic (exact) mass is 397 g/mol. The first kappa shape index (κ1) is 23.3. The van der Waals surface area contributed by atoms with Crippen molar-refractivity contribution in [2.45, 2.75) is 32.9 Å². The van der Waals surface area contributed by atoms with Crippen LogP contribution in [0.15, 0.2) is 36.6 Å². The number of carbonyl (C=O) groups is 2. The van der Waals surface area contributed by atoms with Crippen molar-refractivity contribution < 1.29 is 19.5 Å². The van der Waals surface area contributed by atoms with Crippen molar-refractivity contribution >= 4 is 23.8 Å². The molecular weight excluding hydrogens is 366 g/mol. The molecule has 27 heavy (non-hydrogen) atoms. The molecule has 1 heterocycles. The van der Waals surface area contributed by atoms with E-state index in [1.165, 1.54) is 11.9 Å². The van der Waals surface area contributed by atoms with Gasteiger partial charge in [0.05, 0.1) is 0 Å². The molecule has 152 valence electrons. The highest BCUT2D eigenvalue weighted by Crippen LogP contribution is 2.17. The van der Waals surface area contributed by atoms with Crippen LogP contribution in [-0.4, -0.2) is 76.4 Å². The third kappa shape index (κ3) is 8.19. The SMILES string of the molecule is C=C/C=C(\C=C/N(C)C(=O)ON1C(=O)CCC1O)CSCCN(CC)CC. The summed E-state index contributed by atoms with van der Waals surface area (Å²) in [6.45, 7) is 11.2. The summed E-state index contributed by atoms with van der Waals surface area (Å²) in [5.74, 6) is 1.43. The topological polar surface area (TPSA) is 73.3 Å². The summed E-state index contributed by atoms with van der Waals surface area (Å²) in [5, 5.41) is 10.4. The van der Waals surface area contributed by atoms with Gasteiger partial charge in [0.1, 0.15) is 0 Å². The Labute approximate surface area is 166 Å². The van der Waals surface area contributed by atoms with Gasteiger partial charge in [0.2, 0.25) is 0 Å². The van der Waals surface area contributed by atoms with E-state index < -0.39 is 18.2 Å². The zero-order valence-electron chi connectivity index (χ0n) is 16.5. The van der Waals surface area contributed by atoms with Gasteiger partial charge in [0.15, 0.2) is 6.23 Å². The number of rotatable bonds is 11. The highest BCUT2D eigenvalue weighted by molar-refractivity contribution is 7.99. The standard InChI is InChI=1S/C19H31N3O4S/c1-5-8-16(15-27-14-13-21(6-2)7-3)11-12-20(4)19(25)26-22-17(23)9-10-18(22)24/h5,8,11-12,17,23H,1,6-7,9-10,13-15H2,2-4H3/b12-11-,16-8+. The average Bonchev–Trinajstić information content (AvgIpc) is 2.97. The minimum atomic E-state index is -1.07. The van der Waals surface area contributed by atoms with E-state index in [2.05, 4.69) is 25.3 Å². The molecular formula is C19H31N3O4S. The first-order chi connectivity index (χ1) is 12.9. The van der Waals surface area contributed by atoms with Crippen molar-refractivity contribution in [3.63, 3.8) is 0 Å². The second-order valence-corrected chi connectivity index (χ2v) is 7.18. The highest BCUT2D eigenvalue weighted by Gasteiger charge is 2.33. The molecule has 7 nitrogen and oxygen atoms in total. The predicted molar refractivity (Wildman–Crippen MR) is 109 cm³/mol. The number of nitrogens with zero attached hydrogens (tertiary/aromatic N) is 3. The van der Waals surface area contributed by atoms with Gasteiger partial charge in [-0.2, -0.15) is 11.8 Å². The quantitative estimate of drug-likeness (QED) is 0.427. The Hall–Kier alpha value is -1.77. The maximum absolute atomic E-state index is 12.1. The third-order valence-corrected chi connectivity index (χ3v) is 5.17. The van der Waals surface area contributed by atoms with Crippen LogP contribution in [0.25, 0.3) is 0 Å². The van der Waals surface area contributed by atoms with E-state index in [1.54, 1.807) is 12.3 Å². The molecule has 1 unspecified atom stereocenters. The number of allylic oxidation sites excluding steroid dienone is 3. The summed E-state index contributed by atoms with van der Waals surface area (Å²) in [5.41, 5.74) is 1.02. The van der Waals surface area contributed by atoms with Gasteiger partial charge < -0.3 is 14.8 Å². The normalized spacial score (nSPS) is 17.8. The summed E-state index contributed by atoms with van der Waals surface area (Å²) in [4.78, 5) is 32.2. The van der Waals surface area contributed by atoms with Gasteiger partial charge in [0.25, 0.3) is 5.91 Å². The maximum Gasteiger partial charge on any atom is 0.438 e. The number of carbonyl (C=O) groups excluding carboxylic acids is 2. The fourth-order valence-electron chi connectivity index (χ4n) is 2.40. The van der Waals surface area contributed by atoms with Gasteiger partial charge in [-0.15, -0.1) is 5.06 Å². The van der Waals surface area contributed by atoms with E-state index in [9.17, 15) is 14.7 Å². The van der Waals surface area contributed by atoms with Crippen LogP contribution in [0, 0.1) is 0 Å². The van der Waals surface area contributed by atoms with E-state index in [-0.39, 0.29) is 12.8 Å². The molecule has 1 saturated heterocycles. The number of thioether (sulfide) groups is 1. The molecule has 2 amide bonds. The van der Waals surface area contributed by atoms with Crippen LogP contribution in [0.2, 0.25) is 0 Å². The molecule has 0 saturated carbocycles. The molecule has 1 aliphatic rings. The molecule has 0 aromatic rings. The fraction of sp³-hybridized carbons (Fsp3) is 0.579. The Morgan fingerprint density at radius 3 is 2.70 bits per heavy atom. The lowest BCUT2D eigenvalue weighted by molar-refractivity contribution is -0.192. The summed E-state index contributed by atoms with van der Waals surface area (Å²) in [7, 11) is 1.53. The highest BCUT2D eigenvalue weighted by atomic mass is 32.2. The van der Waals surface area contributed by atoms with E-state index >= 15 is 0 Å². The second-order valence-electron chi connectivity index (χ2n) is 6.08. The zero-order valence-corrected chi connectivity index (χ0v) is 17.3. The zero-order chi connectivity index (χ0) is 20.2. The molecule has 0 aromatic heterocycles. The lowest BCUT2D eigenvalue weighted by Gasteiger charge is -2.21. The van der Waals surface area contributed by atoms with Gasteiger partial charge in [-0.25, -0.2) is 4.79 Å². The summed E-state index contributed by atoms with van der Waals surface area (Å²) >= 11 is 1.82. The van der Waals surface area contributed by atoms with Crippen LogP contribution in [0.3, 0.4) is 0 Å². The van der Waals surface area contributed by atoms with Crippen LogP contribution in [0.4, 0.5) is 4.79 Å². The van der Waals surface area contributed by atoms with Crippen LogP contribution in [-0.2, 0) is 9.63 Å². The smallest absolute Gasteiger partial charge is 0.370 e. The van der Waals surface area contributed by atoms with Crippen molar-refractivity contribution in [2.75, 3.05) is 38.2 Å². The Bertz CT molecular complexity index is 561. The van der Waals surface area contributed by atoms with Crippen molar-refractivity contribution in [1.82, 2.24) is 14.9 Å². The molecule has 0 radical (unpaired) electrons. The lowest BCUT2D eigenvalue weighted by atomic mass is 10.3. The number of hydrogen-bond acceptors (Lipinski definition) is 6. The molecule has 0 spiro atoms. The fourth-order valence-corrected chi connectivity index (χ4v) is 3.36. The number of aliphatic hydroxyl groups excluding tert-OH is 1. The van der Waals surface area contributed by atoms with Gasteiger partial charge in [-0.3, -0.25) is 9.69 Å². The first-order valence-corrected chi connectivity index (χ1v) is 10.3. The van der Waals surface area contributed by atoms with Gasteiger partial charge in [0, 0.05) is 44.1 Å². The van der Waals surface area contributed by atoms with Crippen LogP contribution in [0.5, 0.6) is 0 Å². The van der Waals surface area contributed by atoms with Crippen LogP contribution in [0.1, 0.15) is 26.7 Å². The largest absolute Gasteiger partial charge is 0.438 e. The Kier molecular flexibility index (Phi) is 10.8. The van der Waals surface area contributed by atoms with E-state index in [0.29, 0.717) is 0 Å². The van der Waals surface area contributed by atoms with Gasteiger partial charge in [-0.1, -0.05) is 32.6 Å². The second kappa shape index (κ2) is 12.6. The summed E-state index contributed by atoms with van der Waals surface area (Å²) in [6.07, 6.45) is 5.64. The van der Waals surface area contributed by atoms with E-state index in [0.717, 1.165) is 41.8 Å².